The Kier molecular flexibility index (Phi) is 10.4. The first-order chi connectivity index (χ1) is 12.3. The van der Waals surface area contributed by atoms with Crippen LogP contribution in [0, 0.1) is 5.41 Å². The molecular weight excluding hydrogens is 386 g/mol. The molecular formula is C15H27NO10S. The number of aliphatic hydroxyl groups is 2. The summed E-state index contributed by atoms with van der Waals surface area (Å²) in [5.41, 5.74) is -1.54. The summed E-state index contributed by atoms with van der Waals surface area (Å²) in [6.45, 7) is 2.78. The Morgan fingerprint density at radius 1 is 1.22 bits per heavy atom. The molecule has 0 aromatic rings. The number of amides is 1. The molecule has 0 radical (unpaired) electrons. The fraction of sp³-hybridized carbons (Fsp3) is 0.800. The smallest absolute Gasteiger partial charge is 0.333 e. The lowest BCUT2D eigenvalue weighted by Gasteiger charge is -2.35. The van der Waals surface area contributed by atoms with Gasteiger partial charge in [0.05, 0.1) is 18.5 Å². The third-order valence-electron chi connectivity index (χ3n) is 3.75. The summed E-state index contributed by atoms with van der Waals surface area (Å²) in [6.07, 6.45) is -3.42. The average Bonchev–Trinajstić information content (AvgIpc) is 2.56. The molecule has 0 fully saturated rings. The number of carbonyl (C=O) groups excluding carboxylic acids is 2. The van der Waals surface area contributed by atoms with Crippen molar-refractivity contribution in [2.24, 2.45) is 5.41 Å². The van der Waals surface area contributed by atoms with Crippen LogP contribution < -0.4 is 5.32 Å². The lowest BCUT2D eigenvalue weighted by molar-refractivity contribution is -0.159. The molecule has 0 aromatic heterocycles. The highest BCUT2D eigenvalue weighted by atomic mass is 32.2. The summed E-state index contributed by atoms with van der Waals surface area (Å²) < 4.78 is 34.1. The van der Waals surface area contributed by atoms with Gasteiger partial charge in [-0.15, -0.1) is 0 Å². The van der Waals surface area contributed by atoms with Crippen LogP contribution in [0.25, 0.3) is 0 Å². The second kappa shape index (κ2) is 11.2. The van der Waals surface area contributed by atoms with E-state index in [-0.39, 0.29) is 31.9 Å². The van der Waals surface area contributed by atoms with E-state index >= 15 is 0 Å². The molecule has 12 heteroatoms. The van der Waals surface area contributed by atoms with Gasteiger partial charge in [-0.2, -0.15) is 8.42 Å². The third kappa shape index (κ3) is 9.65. The number of hydrogen-bond donors (Lipinski definition) is 4. The zero-order valence-corrected chi connectivity index (χ0v) is 16.3. The van der Waals surface area contributed by atoms with Crippen LogP contribution in [0.3, 0.4) is 0 Å². The molecule has 1 unspecified atom stereocenters. The quantitative estimate of drug-likeness (QED) is 0.160. The Labute approximate surface area is 157 Å². The Morgan fingerprint density at radius 3 is 2.30 bits per heavy atom. The molecule has 2 atom stereocenters. The van der Waals surface area contributed by atoms with Crippen molar-refractivity contribution in [3.63, 3.8) is 0 Å². The van der Waals surface area contributed by atoms with Crippen LogP contribution >= 0.6 is 0 Å². The molecule has 0 spiro atoms. The van der Waals surface area contributed by atoms with Gasteiger partial charge < -0.3 is 25.4 Å². The maximum absolute atomic E-state index is 12.2. The monoisotopic (exact) mass is 413 g/mol. The highest BCUT2D eigenvalue weighted by Gasteiger charge is 2.43. The fourth-order valence-electron chi connectivity index (χ4n) is 2.10. The standard InChI is InChI=1S/C15H27NO10S/c1-10(18)16-6-4-8-27(23,24)26-11(5-7-25-12(19)9-17)15(2,3)13(20)14(21)22/h11,13,17,20H,4-9H2,1-3H3,(H,16,18)(H,21,22)/t11?,13-/m0/s1. The predicted octanol–water partition coefficient (Wildman–Crippen LogP) is -1.38. The van der Waals surface area contributed by atoms with Crippen LogP contribution in [0.4, 0.5) is 0 Å². The lowest BCUT2D eigenvalue weighted by Crippen LogP contribution is -2.47. The first-order valence-corrected chi connectivity index (χ1v) is 9.74. The summed E-state index contributed by atoms with van der Waals surface area (Å²) in [5, 5.41) is 30.0. The van der Waals surface area contributed by atoms with E-state index in [1.807, 2.05) is 0 Å². The minimum Gasteiger partial charge on any atom is -0.479 e. The Morgan fingerprint density at radius 2 is 1.81 bits per heavy atom. The molecule has 0 aromatic carbocycles. The van der Waals surface area contributed by atoms with E-state index in [4.69, 9.17) is 14.4 Å². The summed E-state index contributed by atoms with van der Waals surface area (Å²) in [7, 11) is -4.12. The normalized spacial score (nSPS) is 14.3. The van der Waals surface area contributed by atoms with Gasteiger partial charge >= 0.3 is 11.9 Å². The zero-order valence-electron chi connectivity index (χ0n) is 15.5. The molecule has 11 nitrogen and oxygen atoms in total. The van der Waals surface area contributed by atoms with Gasteiger partial charge in [-0.05, 0) is 6.42 Å². The molecule has 158 valence electrons. The van der Waals surface area contributed by atoms with Crippen molar-refractivity contribution in [3.8, 4) is 0 Å². The van der Waals surface area contributed by atoms with Crippen molar-refractivity contribution in [3.05, 3.63) is 0 Å². The van der Waals surface area contributed by atoms with Crippen molar-refractivity contribution < 1.29 is 47.0 Å². The number of carboxylic acids is 1. The van der Waals surface area contributed by atoms with Crippen LogP contribution in [0.15, 0.2) is 0 Å². The van der Waals surface area contributed by atoms with Gasteiger partial charge in [-0.1, -0.05) is 13.8 Å². The molecule has 0 rings (SSSR count). The molecule has 0 saturated carbocycles. The topological polar surface area (TPSA) is 177 Å². The summed E-state index contributed by atoms with van der Waals surface area (Å²) >= 11 is 0. The summed E-state index contributed by atoms with van der Waals surface area (Å²) in [6, 6.07) is 0. The highest BCUT2D eigenvalue weighted by Crippen LogP contribution is 2.32. The van der Waals surface area contributed by atoms with E-state index in [1.165, 1.54) is 20.8 Å². The van der Waals surface area contributed by atoms with Gasteiger partial charge in [0.2, 0.25) is 5.91 Å². The maximum atomic E-state index is 12.2. The van der Waals surface area contributed by atoms with Gasteiger partial charge in [0.25, 0.3) is 10.1 Å². The van der Waals surface area contributed by atoms with Crippen molar-refractivity contribution in [2.75, 3.05) is 25.5 Å². The van der Waals surface area contributed by atoms with E-state index in [0.717, 1.165) is 0 Å². The van der Waals surface area contributed by atoms with E-state index in [0.29, 0.717) is 0 Å². The number of aliphatic carboxylic acids is 1. The zero-order chi connectivity index (χ0) is 21.3. The van der Waals surface area contributed by atoms with Crippen molar-refractivity contribution in [2.45, 2.75) is 45.8 Å². The predicted molar refractivity (Wildman–Crippen MR) is 92.0 cm³/mol. The van der Waals surface area contributed by atoms with E-state index < -0.39 is 52.0 Å². The molecule has 1 amide bonds. The highest BCUT2D eigenvalue weighted by molar-refractivity contribution is 7.86. The molecule has 0 aliphatic carbocycles. The number of ether oxygens (including phenoxy) is 1. The number of hydrogen-bond acceptors (Lipinski definition) is 9. The maximum Gasteiger partial charge on any atom is 0.333 e. The van der Waals surface area contributed by atoms with Gasteiger partial charge in [0, 0.05) is 25.3 Å². The van der Waals surface area contributed by atoms with Crippen LogP contribution in [-0.2, 0) is 33.4 Å². The number of carboxylic acid groups (broad SMARTS) is 1. The first kappa shape index (κ1) is 25.2. The summed E-state index contributed by atoms with van der Waals surface area (Å²) in [4.78, 5) is 32.9. The minimum atomic E-state index is -4.12. The number of rotatable bonds is 13. The van der Waals surface area contributed by atoms with E-state index in [1.54, 1.807) is 0 Å². The van der Waals surface area contributed by atoms with Crippen LogP contribution in [0.1, 0.15) is 33.6 Å². The molecule has 0 heterocycles. The molecule has 0 aliphatic heterocycles. The van der Waals surface area contributed by atoms with Crippen LogP contribution in [-0.4, -0.2) is 79.3 Å². The number of nitrogens with one attached hydrogen (secondary N) is 1. The second-order valence-corrected chi connectivity index (χ2v) is 8.13. The van der Waals surface area contributed by atoms with Gasteiger partial charge in [0.1, 0.15) is 6.61 Å². The summed E-state index contributed by atoms with van der Waals surface area (Å²) in [5.74, 6) is -3.27. The van der Waals surface area contributed by atoms with Crippen LogP contribution in [0.2, 0.25) is 0 Å². The molecule has 0 saturated heterocycles. The van der Waals surface area contributed by atoms with Crippen molar-refractivity contribution in [1.82, 2.24) is 5.32 Å². The molecule has 0 aliphatic rings. The minimum absolute atomic E-state index is 0.0655. The number of aliphatic hydroxyl groups excluding tert-OH is 2. The van der Waals surface area contributed by atoms with Crippen molar-refractivity contribution >= 4 is 28.0 Å². The first-order valence-electron chi connectivity index (χ1n) is 8.16. The van der Waals surface area contributed by atoms with Crippen LogP contribution in [0.5, 0.6) is 0 Å². The number of carbonyl (C=O) groups is 3. The lowest BCUT2D eigenvalue weighted by atomic mass is 9.79. The molecule has 0 bridgehead atoms. The second-order valence-electron chi connectivity index (χ2n) is 6.41. The number of esters is 1. The Bertz CT molecular complexity index is 616. The van der Waals surface area contributed by atoms with Crippen molar-refractivity contribution in [1.29, 1.82) is 0 Å². The largest absolute Gasteiger partial charge is 0.479 e. The SMILES string of the molecule is CC(=O)NCCCS(=O)(=O)OC(CCOC(=O)CO)C(C)(C)[C@@H](O)C(=O)O. The average molecular weight is 413 g/mol. The van der Waals surface area contributed by atoms with E-state index in [9.17, 15) is 27.9 Å². The van der Waals surface area contributed by atoms with E-state index in [2.05, 4.69) is 10.1 Å². The van der Waals surface area contributed by atoms with Gasteiger partial charge in [-0.3, -0.25) is 8.98 Å². The Hall–Kier alpha value is -1.76. The molecule has 27 heavy (non-hydrogen) atoms. The Balaban J connectivity index is 5.13. The fourth-order valence-corrected chi connectivity index (χ4v) is 3.39. The molecule has 4 N–H and O–H groups in total. The van der Waals surface area contributed by atoms with Gasteiger partial charge in [-0.25, -0.2) is 9.59 Å². The van der Waals surface area contributed by atoms with Gasteiger partial charge in [0.15, 0.2) is 6.10 Å². The third-order valence-corrected chi connectivity index (χ3v) is 5.06.